The molecule has 13 heteroatoms. The second kappa shape index (κ2) is 23.9. The molecule has 1 amide bonds. The summed E-state index contributed by atoms with van der Waals surface area (Å²) in [5.74, 6) is -2.39. The van der Waals surface area contributed by atoms with Crippen molar-refractivity contribution in [2.45, 2.75) is 147 Å². The maximum absolute atomic E-state index is 13.5. The predicted molar refractivity (Wildman–Crippen MR) is 221 cm³/mol. The molecule has 15 unspecified atom stereocenters. The number of ketones is 1. The van der Waals surface area contributed by atoms with Gasteiger partial charge in [-0.25, -0.2) is 4.79 Å². The lowest BCUT2D eigenvalue weighted by Gasteiger charge is -2.39. The van der Waals surface area contributed by atoms with E-state index in [1.165, 1.54) is 11.0 Å². The smallest absolute Gasteiger partial charge is 0.331 e. The van der Waals surface area contributed by atoms with Crippen LogP contribution in [-0.2, 0) is 47.5 Å². The Morgan fingerprint density at radius 3 is 2.31 bits per heavy atom. The largest absolute Gasteiger partial charge is 0.458 e. The molecule has 13 nitrogen and oxygen atoms in total. The van der Waals surface area contributed by atoms with Gasteiger partial charge in [-0.1, -0.05) is 70.6 Å². The van der Waals surface area contributed by atoms with Crippen LogP contribution in [0.25, 0.3) is 0 Å². The van der Waals surface area contributed by atoms with Gasteiger partial charge in [-0.05, 0) is 32.1 Å². The molecule has 2 N–H and O–H groups in total. The van der Waals surface area contributed by atoms with E-state index in [9.17, 15) is 24.6 Å². The van der Waals surface area contributed by atoms with E-state index in [1.54, 1.807) is 47.8 Å². The van der Waals surface area contributed by atoms with Crippen LogP contribution in [-0.4, -0.2) is 136 Å². The number of aliphatic hydroxyl groups is 2. The molecule has 15 atom stereocenters. The molecule has 0 saturated carbocycles. The zero-order chi connectivity index (χ0) is 43.2. The predicted octanol–water partition coefficient (Wildman–Crippen LogP) is 5.37. The van der Waals surface area contributed by atoms with Gasteiger partial charge in [-0.3, -0.25) is 9.59 Å². The maximum atomic E-state index is 13.5. The number of ether oxygens (including phenoxy) is 7. The Labute approximate surface area is 347 Å². The average Bonchev–Trinajstić information content (AvgIpc) is 4.02. The van der Waals surface area contributed by atoms with Crippen LogP contribution in [0.1, 0.15) is 86.5 Å². The molecule has 0 aliphatic carbocycles. The number of methoxy groups -OCH3 is 4. The minimum atomic E-state index is -0.931. The van der Waals surface area contributed by atoms with Crippen LogP contribution >= 0.6 is 0 Å². The second-order valence-corrected chi connectivity index (χ2v) is 16.9. The molecule has 0 aromatic rings. The number of hydrogen-bond donors (Lipinski definition) is 2. The standard InChI is InChI=1S/C45H73NO12/c1-28-15-18-34(48)23-35-13-12-14-36(57-35)24-39(53-9)45(26-56-45)40(54-10)25-38(52-8)32(5)44(58-41(50)20-16-28)33(6)42(51)29(2)17-19-37(49)31(4)43(55-11)30(3)21-22-46(7)27-47/h12-13,15-16,20-22,27,29-36,38-40,42-44,48,51H,14,17-19,23-26H2,1-11H3/b20-16+,22-21+,28-15+. The van der Waals surface area contributed by atoms with Crippen molar-refractivity contribution in [3.05, 3.63) is 48.2 Å². The number of carbonyl (C=O) groups is 3. The van der Waals surface area contributed by atoms with Crippen LogP contribution in [0.5, 0.6) is 0 Å². The molecular weight excluding hydrogens is 746 g/mol. The first-order chi connectivity index (χ1) is 27.5. The van der Waals surface area contributed by atoms with E-state index in [0.717, 1.165) is 5.57 Å². The van der Waals surface area contributed by atoms with Crippen molar-refractivity contribution in [2.24, 2.45) is 29.6 Å². The Bertz CT molecular complexity index is 1410. The number of fused-ring (bicyclic) bond motifs is 2. The molecule has 3 rings (SSSR count). The fourth-order valence-electron chi connectivity index (χ4n) is 8.63. The first-order valence-corrected chi connectivity index (χ1v) is 20.9. The van der Waals surface area contributed by atoms with Gasteiger partial charge in [0.05, 0.1) is 55.4 Å². The normalized spacial score (nSPS) is 34.8. The van der Waals surface area contributed by atoms with E-state index in [2.05, 4.69) is 6.08 Å². The van der Waals surface area contributed by atoms with Gasteiger partial charge >= 0.3 is 5.97 Å². The lowest BCUT2D eigenvalue weighted by molar-refractivity contribution is -0.159. The molecule has 1 fully saturated rings. The number of nitrogens with zero attached hydrogens (tertiary/aromatic N) is 1. The Kier molecular flexibility index (Phi) is 20.4. The Morgan fingerprint density at radius 1 is 1.03 bits per heavy atom. The highest BCUT2D eigenvalue weighted by atomic mass is 16.6. The van der Waals surface area contributed by atoms with Crippen molar-refractivity contribution in [1.82, 2.24) is 4.90 Å². The molecular formula is C45H73NO12. The van der Waals surface area contributed by atoms with E-state index < -0.39 is 65.9 Å². The maximum Gasteiger partial charge on any atom is 0.331 e. The Morgan fingerprint density at radius 2 is 1.71 bits per heavy atom. The lowest BCUT2D eigenvalue weighted by atomic mass is 9.78. The summed E-state index contributed by atoms with van der Waals surface area (Å²) in [4.78, 5) is 39.4. The molecule has 2 bridgehead atoms. The fraction of sp³-hybridized carbons (Fsp3) is 0.756. The van der Waals surface area contributed by atoms with Gasteiger partial charge in [0.1, 0.15) is 17.5 Å². The Balaban J connectivity index is 1.86. The number of rotatable bonds is 16. The number of Topliss-reactive ketones (excluding diaryl/α,β-unsaturated/α-hetero) is 1. The van der Waals surface area contributed by atoms with Gasteiger partial charge in [0.2, 0.25) is 6.41 Å². The van der Waals surface area contributed by atoms with Gasteiger partial charge in [-0.2, -0.15) is 0 Å². The molecule has 0 aromatic heterocycles. The summed E-state index contributed by atoms with van der Waals surface area (Å²) < 4.78 is 42.8. The number of epoxide rings is 1. The number of aliphatic hydroxyl groups excluding tert-OH is 2. The van der Waals surface area contributed by atoms with Crippen molar-refractivity contribution < 1.29 is 57.8 Å². The SMILES string of the molecule is COC1CC(OC)C2(CO2)C(OC)CC2CC=CC(CC(O)C/C=C(C)/C=C/C(=O)OC(C(C)C(O)C(C)CCC(=O)C(C)C(OC)C(C)/C=C/N(C)C=O)C1C)O2. The van der Waals surface area contributed by atoms with Gasteiger partial charge < -0.3 is 48.3 Å². The van der Waals surface area contributed by atoms with Crippen molar-refractivity contribution in [2.75, 3.05) is 42.1 Å². The molecule has 1 saturated heterocycles. The number of amides is 1. The van der Waals surface area contributed by atoms with E-state index in [0.29, 0.717) is 51.5 Å². The monoisotopic (exact) mass is 820 g/mol. The summed E-state index contributed by atoms with van der Waals surface area (Å²) in [5.41, 5.74) is 0.0428. The van der Waals surface area contributed by atoms with E-state index in [4.69, 9.17) is 33.2 Å². The third kappa shape index (κ3) is 13.9. The van der Waals surface area contributed by atoms with E-state index >= 15 is 0 Å². The molecule has 330 valence electrons. The minimum absolute atomic E-state index is 0.00734. The summed E-state index contributed by atoms with van der Waals surface area (Å²) in [6, 6.07) is 0. The van der Waals surface area contributed by atoms with Crippen LogP contribution in [0.15, 0.2) is 48.2 Å². The lowest BCUT2D eigenvalue weighted by Crippen LogP contribution is -2.50. The van der Waals surface area contributed by atoms with E-state index in [1.807, 2.05) is 59.8 Å². The number of esters is 1. The van der Waals surface area contributed by atoms with Crippen molar-refractivity contribution >= 4 is 18.2 Å². The molecule has 58 heavy (non-hydrogen) atoms. The quantitative estimate of drug-likeness (QED) is 0.0888. The summed E-state index contributed by atoms with van der Waals surface area (Å²) in [6.07, 6.45) is 11.9. The molecule has 3 aliphatic rings. The highest BCUT2D eigenvalue weighted by molar-refractivity contribution is 5.82. The number of allylic oxidation sites excluding steroid dienone is 2. The van der Waals surface area contributed by atoms with Gasteiger partial charge in [-0.15, -0.1) is 0 Å². The first-order valence-electron chi connectivity index (χ1n) is 20.9. The third-order valence-corrected chi connectivity index (χ3v) is 12.6. The molecule has 0 radical (unpaired) electrons. The molecule has 1 spiro atoms. The topological polar surface area (TPSA) is 163 Å². The number of hydrogen-bond acceptors (Lipinski definition) is 12. The van der Waals surface area contributed by atoms with Crippen molar-refractivity contribution in [1.29, 1.82) is 0 Å². The van der Waals surface area contributed by atoms with Crippen LogP contribution in [0.2, 0.25) is 0 Å². The summed E-state index contributed by atoms with van der Waals surface area (Å²) in [7, 11) is 8.13. The molecule has 3 aliphatic heterocycles. The Hall–Kier alpha value is -2.75. The zero-order valence-electron chi connectivity index (χ0n) is 36.8. The van der Waals surface area contributed by atoms with Crippen molar-refractivity contribution in [3.63, 3.8) is 0 Å². The van der Waals surface area contributed by atoms with Gasteiger partial charge in [0.15, 0.2) is 0 Å². The second-order valence-electron chi connectivity index (χ2n) is 16.9. The molecule has 3 heterocycles. The van der Waals surface area contributed by atoms with Crippen LogP contribution in [0.4, 0.5) is 0 Å². The highest BCUT2D eigenvalue weighted by Crippen LogP contribution is 2.43. The zero-order valence-corrected chi connectivity index (χ0v) is 36.8. The number of carbonyl (C=O) groups excluding carboxylic acids is 3. The first kappa shape index (κ1) is 49.6. The van der Waals surface area contributed by atoms with Crippen LogP contribution < -0.4 is 0 Å². The fourth-order valence-corrected chi connectivity index (χ4v) is 8.63. The van der Waals surface area contributed by atoms with Crippen LogP contribution in [0, 0.1) is 29.6 Å². The van der Waals surface area contributed by atoms with Crippen molar-refractivity contribution in [3.8, 4) is 0 Å². The number of cyclic esters (lactones) is 1. The molecule has 0 aromatic carbocycles. The highest BCUT2D eigenvalue weighted by Gasteiger charge is 2.59. The van der Waals surface area contributed by atoms with Crippen LogP contribution in [0.3, 0.4) is 0 Å². The third-order valence-electron chi connectivity index (χ3n) is 12.6. The summed E-state index contributed by atoms with van der Waals surface area (Å²) >= 11 is 0. The summed E-state index contributed by atoms with van der Waals surface area (Å²) in [5, 5.41) is 22.7. The summed E-state index contributed by atoms with van der Waals surface area (Å²) in [6.45, 7) is 11.8. The van der Waals surface area contributed by atoms with E-state index in [-0.39, 0.29) is 42.4 Å². The minimum Gasteiger partial charge on any atom is -0.458 e. The van der Waals surface area contributed by atoms with Gasteiger partial charge in [0, 0.05) is 97.1 Å². The van der Waals surface area contributed by atoms with Gasteiger partial charge in [0.25, 0.3) is 0 Å². The average molecular weight is 820 g/mol.